The summed E-state index contributed by atoms with van der Waals surface area (Å²) in [6.45, 7) is 0.0837. The van der Waals surface area contributed by atoms with Crippen molar-refractivity contribution in [2.45, 2.75) is 0 Å². The number of rotatable bonds is 3. The summed E-state index contributed by atoms with van der Waals surface area (Å²) in [5.74, 6) is 0. The molecule has 3 heterocycles. The van der Waals surface area contributed by atoms with Crippen molar-refractivity contribution in [2.75, 3.05) is 4.90 Å². The van der Waals surface area contributed by atoms with Gasteiger partial charge in [0.2, 0.25) is 6.71 Å². The van der Waals surface area contributed by atoms with Crippen LogP contribution in [0.2, 0.25) is 0 Å². The highest BCUT2D eigenvalue weighted by atomic mass is 15.2. The maximum Gasteiger partial charge on any atom is 0.249 e. The molecule has 3 aliphatic heterocycles. The Morgan fingerprint density at radius 2 is 0.638 bits per heavy atom. The average Bonchev–Trinajstić information content (AvgIpc) is 3.29. The van der Waals surface area contributed by atoms with Crippen LogP contribution in [0.15, 0.2) is 194 Å². The van der Waals surface area contributed by atoms with Gasteiger partial charge in [-0.05, 0) is 122 Å². The predicted octanol–water partition coefficient (Wildman–Crippen LogP) is 13.0. The summed E-state index contributed by atoms with van der Waals surface area (Å²) in [6, 6.07) is 73.2. The zero-order valence-electron chi connectivity index (χ0n) is 31.5. The number of anilines is 3. The first-order valence-electron chi connectivity index (χ1n) is 20.4. The largest absolute Gasteiger partial charge is 0.311 e. The molecule has 0 radical (unpaired) electrons. The average molecular weight is 730 g/mol. The summed E-state index contributed by atoms with van der Waals surface area (Å²) in [5, 5.41) is 12.9. The molecule has 1 nitrogen and oxygen atoms in total. The highest BCUT2D eigenvalue weighted by Crippen LogP contribution is 2.52. The minimum atomic E-state index is 0.0837. The molecular formula is C56H32BN. The van der Waals surface area contributed by atoms with Gasteiger partial charge in [-0.3, -0.25) is 0 Å². The predicted molar refractivity (Wildman–Crippen MR) is 249 cm³/mol. The van der Waals surface area contributed by atoms with Crippen molar-refractivity contribution < 1.29 is 0 Å². The lowest BCUT2D eigenvalue weighted by Gasteiger charge is -2.44. The minimum Gasteiger partial charge on any atom is -0.311 e. The van der Waals surface area contributed by atoms with E-state index in [9.17, 15) is 0 Å². The summed E-state index contributed by atoms with van der Waals surface area (Å²) in [4.78, 5) is 2.65. The Kier molecular flexibility index (Phi) is 5.90. The molecule has 0 bridgehead atoms. The molecule has 3 aliphatic rings. The Morgan fingerprint density at radius 1 is 0.259 bits per heavy atom. The smallest absolute Gasteiger partial charge is 0.249 e. The fraction of sp³-hybridized carbons (Fsp3) is 0. The minimum absolute atomic E-state index is 0.0837. The van der Waals surface area contributed by atoms with E-state index in [4.69, 9.17) is 0 Å². The van der Waals surface area contributed by atoms with Gasteiger partial charge < -0.3 is 4.90 Å². The van der Waals surface area contributed by atoms with E-state index in [0.29, 0.717) is 0 Å². The maximum atomic E-state index is 2.65. The number of hydrogen-bond acceptors (Lipinski definition) is 1. The molecular weight excluding hydrogens is 697 g/mol. The van der Waals surface area contributed by atoms with Gasteiger partial charge in [-0.15, -0.1) is 0 Å². The summed E-state index contributed by atoms with van der Waals surface area (Å²) < 4.78 is 0. The molecule has 0 N–H and O–H groups in total. The van der Waals surface area contributed by atoms with Gasteiger partial charge in [-0.25, -0.2) is 0 Å². The van der Waals surface area contributed by atoms with Crippen molar-refractivity contribution >= 4 is 94.0 Å². The van der Waals surface area contributed by atoms with E-state index >= 15 is 0 Å². The van der Waals surface area contributed by atoms with Crippen LogP contribution in [0, 0.1) is 0 Å². The molecule has 0 amide bonds. The standard InChI is InChI=1S/C56H32BN/c1-4-19-36-33(13-1)16-7-22-39(36)47-31-50-55-52-41(24-10-26-43(47)52)45-28-12-29-46-42-25-11-27-44-48(40-23-8-17-34-14-2-5-20-37(34)40)32-51(56(53(42)44)57(55)54(45)46)58(50)49-30-9-18-35-15-3-6-21-38(35)49/h1-32H. The molecule has 0 spiro atoms. The molecule has 0 unspecified atom stereocenters. The van der Waals surface area contributed by atoms with Crippen molar-refractivity contribution in [1.82, 2.24) is 0 Å². The van der Waals surface area contributed by atoms with Crippen molar-refractivity contribution in [3.05, 3.63) is 194 Å². The summed E-state index contributed by atoms with van der Waals surface area (Å²) >= 11 is 0. The normalized spacial score (nSPS) is 13.1. The van der Waals surface area contributed by atoms with Crippen molar-refractivity contribution in [3.8, 4) is 44.5 Å². The third kappa shape index (κ3) is 3.83. The topological polar surface area (TPSA) is 3.24 Å². The number of hydrogen-bond donors (Lipinski definition) is 0. The van der Waals surface area contributed by atoms with Crippen LogP contribution < -0.4 is 21.3 Å². The van der Waals surface area contributed by atoms with Gasteiger partial charge >= 0.3 is 0 Å². The van der Waals surface area contributed by atoms with E-state index in [1.807, 2.05) is 0 Å². The zero-order chi connectivity index (χ0) is 37.6. The second-order valence-corrected chi connectivity index (χ2v) is 16.3. The lowest BCUT2D eigenvalue weighted by molar-refractivity contribution is 1.32. The Balaban J connectivity index is 1.22. The second-order valence-electron chi connectivity index (χ2n) is 16.3. The van der Waals surface area contributed by atoms with E-state index in [2.05, 4.69) is 199 Å². The Hall–Kier alpha value is -7.42. The lowest BCUT2D eigenvalue weighted by atomic mass is 9.29. The first kappa shape index (κ1) is 30.8. The molecule has 264 valence electrons. The third-order valence-corrected chi connectivity index (χ3v) is 13.6. The molecule has 0 saturated carbocycles. The Labute approximate surface area is 336 Å². The van der Waals surface area contributed by atoms with Crippen LogP contribution in [0.25, 0.3) is 98.4 Å². The number of benzene rings is 11. The highest BCUT2D eigenvalue weighted by molar-refractivity contribution is 7.04. The van der Waals surface area contributed by atoms with Gasteiger partial charge in [-0.1, -0.05) is 181 Å². The van der Waals surface area contributed by atoms with E-state index in [-0.39, 0.29) is 6.71 Å². The van der Waals surface area contributed by atoms with Crippen molar-refractivity contribution in [2.24, 2.45) is 0 Å². The summed E-state index contributed by atoms with van der Waals surface area (Å²) in [6.07, 6.45) is 0. The first-order valence-corrected chi connectivity index (χ1v) is 20.4. The first-order chi connectivity index (χ1) is 28.8. The molecule has 0 fully saturated rings. The van der Waals surface area contributed by atoms with E-state index in [1.165, 1.54) is 132 Å². The van der Waals surface area contributed by atoms with Gasteiger partial charge in [0.15, 0.2) is 0 Å². The van der Waals surface area contributed by atoms with Crippen LogP contribution in [-0.2, 0) is 0 Å². The van der Waals surface area contributed by atoms with Crippen LogP contribution in [0.4, 0.5) is 17.1 Å². The van der Waals surface area contributed by atoms with E-state index < -0.39 is 0 Å². The van der Waals surface area contributed by atoms with Gasteiger partial charge in [0, 0.05) is 16.8 Å². The lowest BCUT2D eigenvalue weighted by Crippen LogP contribution is -2.61. The summed E-state index contributed by atoms with van der Waals surface area (Å²) in [7, 11) is 0. The van der Waals surface area contributed by atoms with Gasteiger partial charge in [-0.2, -0.15) is 0 Å². The van der Waals surface area contributed by atoms with Crippen LogP contribution in [0.3, 0.4) is 0 Å². The molecule has 0 atom stereocenters. The van der Waals surface area contributed by atoms with Gasteiger partial charge in [0.1, 0.15) is 0 Å². The fourth-order valence-electron chi connectivity index (χ4n) is 11.3. The molecule has 11 aromatic carbocycles. The van der Waals surface area contributed by atoms with Crippen LogP contribution >= 0.6 is 0 Å². The quantitative estimate of drug-likeness (QED) is 0.164. The van der Waals surface area contributed by atoms with Crippen LogP contribution in [0.5, 0.6) is 0 Å². The van der Waals surface area contributed by atoms with Crippen LogP contribution in [-0.4, -0.2) is 6.71 Å². The second kappa shape index (κ2) is 11.1. The molecule has 11 aromatic rings. The SMILES string of the molecule is c1cc2c3c(c1)-c1cccc4c(-c5cccc6ccccc56)cc5c(c14)B3c1c(cc(-c3cccc4ccccc34)c3cccc-2c13)N5c1cccc2ccccc12. The van der Waals surface area contributed by atoms with Crippen molar-refractivity contribution in [3.63, 3.8) is 0 Å². The van der Waals surface area contributed by atoms with Gasteiger partial charge in [0.25, 0.3) is 0 Å². The molecule has 14 rings (SSSR count). The fourth-order valence-corrected chi connectivity index (χ4v) is 11.3. The zero-order valence-corrected chi connectivity index (χ0v) is 31.5. The molecule has 58 heavy (non-hydrogen) atoms. The Morgan fingerprint density at radius 3 is 1.19 bits per heavy atom. The Bertz CT molecular complexity index is 3440. The van der Waals surface area contributed by atoms with E-state index in [0.717, 1.165) is 0 Å². The van der Waals surface area contributed by atoms with E-state index in [1.54, 1.807) is 0 Å². The summed E-state index contributed by atoms with van der Waals surface area (Å²) in [5.41, 5.74) is 18.4. The number of nitrogens with zero attached hydrogens (tertiary/aromatic N) is 1. The van der Waals surface area contributed by atoms with Crippen LogP contribution in [0.1, 0.15) is 0 Å². The monoisotopic (exact) mass is 729 g/mol. The number of fused-ring (bicyclic) bond motifs is 5. The van der Waals surface area contributed by atoms with Gasteiger partial charge in [0.05, 0.1) is 5.69 Å². The van der Waals surface area contributed by atoms with Crippen molar-refractivity contribution in [1.29, 1.82) is 0 Å². The highest BCUT2D eigenvalue weighted by Gasteiger charge is 2.46. The molecule has 0 saturated heterocycles. The molecule has 2 heteroatoms. The maximum absolute atomic E-state index is 2.65. The molecule has 0 aliphatic carbocycles. The molecule has 0 aromatic heterocycles. The third-order valence-electron chi connectivity index (χ3n) is 13.6.